The summed E-state index contributed by atoms with van der Waals surface area (Å²) < 4.78 is 39.9. The molecule has 2 atom stereocenters. The van der Waals surface area contributed by atoms with Crippen LogP contribution in [-0.2, 0) is 4.74 Å². The molecule has 0 aliphatic carbocycles. The van der Waals surface area contributed by atoms with Crippen molar-refractivity contribution in [2.75, 3.05) is 33.4 Å². The van der Waals surface area contributed by atoms with Crippen LogP contribution in [0.4, 0.5) is 13.2 Å². The molecule has 0 saturated carbocycles. The van der Waals surface area contributed by atoms with Gasteiger partial charge in [-0.25, -0.2) is 0 Å². The van der Waals surface area contributed by atoms with E-state index in [1.54, 1.807) is 0 Å². The maximum Gasteiger partial charge on any atom is 0.411 e. The number of nitrogens with zero attached hydrogens (tertiary/aromatic N) is 1. The van der Waals surface area contributed by atoms with Crippen molar-refractivity contribution in [2.45, 2.75) is 38.0 Å². The second-order valence-electron chi connectivity index (χ2n) is 4.67. The molecule has 3 nitrogen and oxygen atoms in total. The lowest BCUT2D eigenvalue weighted by atomic mass is 9.99. The Labute approximate surface area is 100 Å². The van der Waals surface area contributed by atoms with E-state index in [4.69, 9.17) is 0 Å². The van der Waals surface area contributed by atoms with Crippen molar-refractivity contribution in [3.05, 3.63) is 0 Å². The maximum absolute atomic E-state index is 11.8. The Balaban J connectivity index is 2.04. The van der Waals surface area contributed by atoms with Gasteiger partial charge in [-0.2, -0.15) is 13.2 Å². The van der Waals surface area contributed by atoms with Crippen molar-refractivity contribution in [3.63, 3.8) is 0 Å². The minimum Gasteiger partial charge on any atom is -0.371 e. The van der Waals surface area contributed by atoms with Crippen molar-refractivity contribution < 1.29 is 17.9 Å². The molecule has 102 valence electrons. The zero-order chi connectivity index (χ0) is 12.9. The van der Waals surface area contributed by atoms with E-state index >= 15 is 0 Å². The summed E-state index contributed by atoms with van der Waals surface area (Å²) >= 11 is 0. The number of piperidine rings is 1. The van der Waals surface area contributed by atoms with Crippen LogP contribution < -0.4 is 5.32 Å². The Kier molecular flexibility index (Phi) is 5.69. The molecule has 0 aromatic heterocycles. The summed E-state index contributed by atoms with van der Waals surface area (Å²) in [5.74, 6) is 0. The number of halogens is 3. The third kappa shape index (κ3) is 6.24. The van der Waals surface area contributed by atoms with E-state index in [2.05, 4.69) is 28.9 Å². The molecule has 1 saturated heterocycles. The molecule has 1 N–H and O–H groups in total. The van der Waals surface area contributed by atoms with Crippen LogP contribution in [0.25, 0.3) is 0 Å². The number of rotatable bonds is 5. The lowest BCUT2D eigenvalue weighted by Gasteiger charge is -2.35. The van der Waals surface area contributed by atoms with E-state index in [-0.39, 0.29) is 6.61 Å². The summed E-state index contributed by atoms with van der Waals surface area (Å²) in [6.07, 6.45) is -2.14. The number of nitrogens with one attached hydrogen (secondary N) is 1. The molecule has 0 spiro atoms. The van der Waals surface area contributed by atoms with E-state index in [1.165, 1.54) is 0 Å². The fourth-order valence-corrected chi connectivity index (χ4v) is 2.00. The van der Waals surface area contributed by atoms with Gasteiger partial charge in [0.2, 0.25) is 0 Å². The Morgan fingerprint density at radius 2 is 2.12 bits per heavy atom. The minimum absolute atomic E-state index is 0.111. The molecule has 1 aliphatic rings. The SMILES string of the molecule is CC1CC(NCCOCC(F)(F)F)CCN1C. The molecule has 2 unspecified atom stereocenters. The first-order valence-electron chi connectivity index (χ1n) is 5.96. The van der Waals surface area contributed by atoms with E-state index in [1.807, 2.05) is 0 Å². The fraction of sp³-hybridized carbons (Fsp3) is 1.00. The molecular weight excluding hydrogens is 233 g/mol. The highest BCUT2D eigenvalue weighted by Gasteiger charge is 2.27. The van der Waals surface area contributed by atoms with Crippen molar-refractivity contribution in [1.29, 1.82) is 0 Å². The van der Waals surface area contributed by atoms with Crippen LogP contribution in [0.5, 0.6) is 0 Å². The van der Waals surface area contributed by atoms with Crippen LogP contribution in [0.15, 0.2) is 0 Å². The fourth-order valence-electron chi connectivity index (χ4n) is 2.00. The molecule has 1 heterocycles. The number of likely N-dealkylation sites (tertiary alicyclic amines) is 1. The summed E-state index contributed by atoms with van der Waals surface area (Å²) in [6, 6.07) is 0.924. The van der Waals surface area contributed by atoms with E-state index in [0.717, 1.165) is 19.4 Å². The van der Waals surface area contributed by atoms with E-state index < -0.39 is 12.8 Å². The van der Waals surface area contributed by atoms with Gasteiger partial charge < -0.3 is 15.0 Å². The van der Waals surface area contributed by atoms with Gasteiger partial charge in [0.15, 0.2) is 0 Å². The first-order valence-corrected chi connectivity index (χ1v) is 5.96. The summed E-state index contributed by atoms with van der Waals surface area (Å²) in [6.45, 7) is 2.63. The molecule has 0 amide bonds. The Hall–Kier alpha value is -0.330. The van der Waals surface area contributed by atoms with Gasteiger partial charge >= 0.3 is 6.18 Å². The molecule has 0 radical (unpaired) electrons. The molecule has 0 bridgehead atoms. The second kappa shape index (κ2) is 6.56. The number of ether oxygens (including phenoxy) is 1. The number of alkyl halides is 3. The lowest BCUT2D eigenvalue weighted by molar-refractivity contribution is -0.173. The zero-order valence-corrected chi connectivity index (χ0v) is 10.4. The summed E-state index contributed by atoms with van der Waals surface area (Å²) in [5, 5.41) is 3.24. The van der Waals surface area contributed by atoms with Crippen LogP contribution >= 0.6 is 0 Å². The van der Waals surface area contributed by atoms with Crippen LogP contribution in [-0.4, -0.2) is 56.5 Å². The van der Waals surface area contributed by atoms with Crippen molar-refractivity contribution in [2.24, 2.45) is 0 Å². The minimum atomic E-state index is -4.22. The molecule has 1 aliphatic heterocycles. The molecule has 1 rings (SSSR count). The Morgan fingerprint density at radius 1 is 1.41 bits per heavy atom. The summed E-state index contributed by atoms with van der Waals surface area (Å²) in [4.78, 5) is 2.29. The van der Waals surface area contributed by atoms with Gasteiger partial charge in [0.05, 0.1) is 6.61 Å². The largest absolute Gasteiger partial charge is 0.411 e. The van der Waals surface area contributed by atoms with Crippen LogP contribution in [0.3, 0.4) is 0 Å². The van der Waals surface area contributed by atoms with Crippen LogP contribution in [0, 0.1) is 0 Å². The predicted octanol–water partition coefficient (Wildman–Crippen LogP) is 1.64. The molecular formula is C11H21F3N2O. The first kappa shape index (κ1) is 14.7. The highest BCUT2D eigenvalue weighted by molar-refractivity contribution is 4.80. The molecule has 0 aromatic rings. The topological polar surface area (TPSA) is 24.5 Å². The van der Waals surface area contributed by atoms with Gasteiger partial charge in [-0.05, 0) is 33.4 Å². The zero-order valence-electron chi connectivity index (χ0n) is 10.4. The average Bonchev–Trinajstić information content (AvgIpc) is 2.21. The quantitative estimate of drug-likeness (QED) is 0.755. The Morgan fingerprint density at radius 3 is 2.71 bits per heavy atom. The summed E-state index contributed by atoms with van der Waals surface area (Å²) in [5.41, 5.74) is 0. The van der Waals surface area contributed by atoms with Gasteiger partial charge in [0.1, 0.15) is 6.61 Å². The predicted molar refractivity (Wildman–Crippen MR) is 60.0 cm³/mol. The second-order valence-corrected chi connectivity index (χ2v) is 4.67. The average molecular weight is 254 g/mol. The molecule has 0 aromatic carbocycles. The highest BCUT2D eigenvalue weighted by Crippen LogP contribution is 2.15. The monoisotopic (exact) mass is 254 g/mol. The number of hydrogen-bond donors (Lipinski definition) is 1. The van der Waals surface area contributed by atoms with Gasteiger partial charge in [-0.3, -0.25) is 0 Å². The van der Waals surface area contributed by atoms with E-state index in [0.29, 0.717) is 18.6 Å². The van der Waals surface area contributed by atoms with Crippen molar-refractivity contribution >= 4 is 0 Å². The maximum atomic E-state index is 11.8. The normalized spacial score (nSPS) is 27.4. The third-order valence-electron chi connectivity index (χ3n) is 3.15. The lowest BCUT2D eigenvalue weighted by Crippen LogP contribution is -2.46. The molecule has 17 heavy (non-hydrogen) atoms. The van der Waals surface area contributed by atoms with Gasteiger partial charge in [-0.15, -0.1) is 0 Å². The van der Waals surface area contributed by atoms with Crippen molar-refractivity contribution in [3.8, 4) is 0 Å². The molecule has 1 fully saturated rings. The smallest absolute Gasteiger partial charge is 0.371 e. The summed E-state index contributed by atoms with van der Waals surface area (Å²) in [7, 11) is 2.09. The van der Waals surface area contributed by atoms with Crippen molar-refractivity contribution in [1.82, 2.24) is 10.2 Å². The number of hydrogen-bond acceptors (Lipinski definition) is 3. The van der Waals surface area contributed by atoms with Gasteiger partial charge in [-0.1, -0.05) is 0 Å². The van der Waals surface area contributed by atoms with Gasteiger partial charge in [0.25, 0.3) is 0 Å². The van der Waals surface area contributed by atoms with Crippen LogP contribution in [0.1, 0.15) is 19.8 Å². The third-order valence-corrected chi connectivity index (χ3v) is 3.15. The van der Waals surface area contributed by atoms with E-state index in [9.17, 15) is 13.2 Å². The van der Waals surface area contributed by atoms with Gasteiger partial charge in [0, 0.05) is 18.6 Å². The standard InChI is InChI=1S/C11H21F3N2O/c1-9-7-10(3-5-16(9)2)15-4-6-17-8-11(12,13)14/h9-10,15H,3-8H2,1-2H3. The van der Waals surface area contributed by atoms with Crippen LogP contribution in [0.2, 0.25) is 0 Å². The molecule has 6 heteroatoms. The highest BCUT2D eigenvalue weighted by atomic mass is 19.4. The first-order chi connectivity index (χ1) is 7.88. The Bertz CT molecular complexity index is 223.